The van der Waals surface area contributed by atoms with Gasteiger partial charge in [-0.05, 0) is 47.5 Å². The Morgan fingerprint density at radius 3 is 2.35 bits per heavy atom. The zero-order valence-corrected chi connectivity index (χ0v) is 18.1. The molecule has 0 saturated heterocycles. The predicted molar refractivity (Wildman–Crippen MR) is 125 cm³/mol. The van der Waals surface area contributed by atoms with E-state index in [1.807, 2.05) is 0 Å². The van der Waals surface area contributed by atoms with Crippen LogP contribution >= 0.6 is 0 Å². The maximum absolute atomic E-state index is 13.4. The quantitative estimate of drug-likeness (QED) is 0.459. The molecule has 0 aliphatic heterocycles. The van der Waals surface area contributed by atoms with Crippen LogP contribution in [0.2, 0.25) is 0 Å². The zero-order chi connectivity index (χ0) is 24.4. The van der Waals surface area contributed by atoms with Crippen molar-refractivity contribution in [2.24, 2.45) is 7.05 Å². The number of halogens is 1. The topological polar surface area (TPSA) is 110 Å². The fraction of sp³-hybridized carbons (Fsp3) is 0.120. The van der Waals surface area contributed by atoms with Crippen LogP contribution in [0, 0.1) is 5.82 Å². The van der Waals surface area contributed by atoms with E-state index >= 15 is 0 Å². The average molecular weight is 461 g/mol. The molecule has 0 atom stereocenters. The largest absolute Gasteiger partial charge is 0.478 e. The molecule has 4 aromatic rings. The first-order valence-corrected chi connectivity index (χ1v) is 10.3. The van der Waals surface area contributed by atoms with Crippen LogP contribution in [-0.4, -0.2) is 26.1 Å². The normalized spacial score (nSPS) is 10.9. The summed E-state index contributed by atoms with van der Waals surface area (Å²) in [5.41, 5.74) is 0.560. The van der Waals surface area contributed by atoms with Gasteiger partial charge in [0.1, 0.15) is 5.82 Å². The third-order valence-electron chi connectivity index (χ3n) is 5.45. The molecule has 1 heterocycles. The van der Waals surface area contributed by atoms with Crippen molar-refractivity contribution in [1.82, 2.24) is 9.13 Å². The van der Waals surface area contributed by atoms with Crippen LogP contribution in [0.15, 0.2) is 76.3 Å². The number of nitrogens with one attached hydrogen (secondary N) is 1. The molecule has 3 aromatic carbocycles. The molecule has 9 heteroatoms. The minimum atomic E-state index is -1.08. The van der Waals surface area contributed by atoms with Gasteiger partial charge < -0.3 is 10.4 Å². The molecule has 0 bridgehead atoms. The number of aromatic nitrogens is 2. The lowest BCUT2D eigenvalue weighted by Gasteiger charge is -2.14. The van der Waals surface area contributed by atoms with Crippen molar-refractivity contribution in [3.05, 3.63) is 110 Å². The lowest BCUT2D eigenvalue weighted by Crippen LogP contribution is -2.39. The predicted octanol–water partition coefficient (Wildman–Crippen LogP) is 2.77. The van der Waals surface area contributed by atoms with Crippen LogP contribution in [-0.2, 0) is 24.8 Å². The number of hydrogen-bond donors (Lipinski definition) is 2. The van der Waals surface area contributed by atoms with Crippen molar-refractivity contribution in [1.29, 1.82) is 0 Å². The van der Waals surface area contributed by atoms with Gasteiger partial charge in [-0.1, -0.05) is 30.3 Å². The van der Waals surface area contributed by atoms with E-state index in [0.717, 1.165) is 4.57 Å². The van der Waals surface area contributed by atoms with E-state index in [0.29, 0.717) is 16.6 Å². The van der Waals surface area contributed by atoms with Gasteiger partial charge in [-0.3, -0.25) is 18.7 Å². The second-order valence-electron chi connectivity index (χ2n) is 7.79. The van der Waals surface area contributed by atoms with Crippen molar-refractivity contribution in [2.75, 3.05) is 5.32 Å². The Morgan fingerprint density at radius 2 is 1.68 bits per heavy atom. The molecule has 8 nitrogen and oxygen atoms in total. The molecule has 0 radical (unpaired) electrons. The monoisotopic (exact) mass is 461 g/mol. The Bertz CT molecular complexity index is 1540. The van der Waals surface area contributed by atoms with E-state index in [9.17, 15) is 23.6 Å². The zero-order valence-electron chi connectivity index (χ0n) is 18.1. The van der Waals surface area contributed by atoms with Gasteiger partial charge in [0.05, 0.1) is 35.1 Å². The number of carbonyl (C=O) groups is 2. The minimum Gasteiger partial charge on any atom is -0.478 e. The Hall–Kier alpha value is -4.53. The fourth-order valence-electron chi connectivity index (χ4n) is 3.76. The van der Waals surface area contributed by atoms with Crippen molar-refractivity contribution in [3.63, 3.8) is 0 Å². The number of carboxylic acid groups (broad SMARTS) is 1. The first kappa shape index (κ1) is 22.7. The van der Waals surface area contributed by atoms with E-state index in [4.69, 9.17) is 5.11 Å². The molecule has 4 rings (SSSR count). The first-order chi connectivity index (χ1) is 16.2. The summed E-state index contributed by atoms with van der Waals surface area (Å²) in [6, 6.07) is 16.3. The molecule has 172 valence electrons. The number of benzene rings is 3. The standard InChI is InChI=1S/C25H20FN3O5/c1-28-20-7-3-6-19(27-21(30)13-16-4-2-5-18(26)12-16)22(20)23(31)29(25(28)34)14-15-8-10-17(11-9-15)24(32)33/h2-12H,13-14H2,1H3,(H,27,30)(H,32,33). The average Bonchev–Trinajstić information content (AvgIpc) is 2.80. The lowest BCUT2D eigenvalue weighted by atomic mass is 10.1. The molecular formula is C25H20FN3O5. The molecule has 2 N–H and O–H groups in total. The lowest BCUT2D eigenvalue weighted by molar-refractivity contribution is -0.115. The molecule has 0 aliphatic carbocycles. The van der Waals surface area contributed by atoms with E-state index in [2.05, 4.69) is 5.32 Å². The molecular weight excluding hydrogens is 441 g/mol. The van der Waals surface area contributed by atoms with Crippen molar-refractivity contribution in [3.8, 4) is 0 Å². The molecule has 1 aromatic heterocycles. The minimum absolute atomic E-state index is 0.0765. The van der Waals surface area contributed by atoms with E-state index in [1.54, 1.807) is 24.3 Å². The fourth-order valence-corrected chi connectivity index (χ4v) is 3.76. The Kier molecular flexibility index (Phi) is 6.09. The molecule has 0 saturated carbocycles. The second-order valence-corrected chi connectivity index (χ2v) is 7.79. The Labute approximate surface area is 192 Å². The molecule has 0 aliphatic rings. The van der Waals surface area contributed by atoms with Gasteiger partial charge in [0.15, 0.2) is 0 Å². The van der Waals surface area contributed by atoms with Gasteiger partial charge in [-0.2, -0.15) is 0 Å². The van der Waals surface area contributed by atoms with Crippen LogP contribution in [0.5, 0.6) is 0 Å². The third-order valence-corrected chi connectivity index (χ3v) is 5.45. The number of anilines is 1. The maximum atomic E-state index is 13.4. The third kappa shape index (κ3) is 4.49. The number of nitrogens with zero attached hydrogens (tertiary/aromatic N) is 2. The highest BCUT2D eigenvalue weighted by molar-refractivity contribution is 6.01. The Morgan fingerprint density at radius 1 is 0.971 bits per heavy atom. The van der Waals surface area contributed by atoms with Gasteiger partial charge in [-0.25, -0.2) is 14.0 Å². The van der Waals surface area contributed by atoms with Crippen LogP contribution in [0.1, 0.15) is 21.5 Å². The van der Waals surface area contributed by atoms with Crippen LogP contribution in [0.4, 0.5) is 10.1 Å². The smallest absolute Gasteiger partial charge is 0.335 e. The number of rotatable bonds is 6. The molecule has 34 heavy (non-hydrogen) atoms. The van der Waals surface area contributed by atoms with Crippen LogP contribution in [0.25, 0.3) is 10.9 Å². The summed E-state index contributed by atoms with van der Waals surface area (Å²) in [5, 5.41) is 11.9. The number of hydrogen-bond acceptors (Lipinski definition) is 4. The molecule has 1 amide bonds. The highest BCUT2D eigenvalue weighted by Gasteiger charge is 2.16. The molecule has 0 unspecified atom stereocenters. The SMILES string of the molecule is Cn1c(=O)n(Cc2ccc(C(=O)O)cc2)c(=O)c2c(NC(=O)Cc3cccc(F)c3)cccc21. The Balaban J connectivity index is 1.72. The van der Waals surface area contributed by atoms with Gasteiger partial charge in [-0.15, -0.1) is 0 Å². The van der Waals surface area contributed by atoms with Gasteiger partial charge in [0.25, 0.3) is 5.56 Å². The van der Waals surface area contributed by atoms with E-state index in [-0.39, 0.29) is 29.6 Å². The summed E-state index contributed by atoms with van der Waals surface area (Å²) in [5.74, 6) is -1.98. The van der Waals surface area contributed by atoms with Crippen molar-refractivity contribution < 1.29 is 19.1 Å². The maximum Gasteiger partial charge on any atom is 0.335 e. The first-order valence-electron chi connectivity index (χ1n) is 10.3. The van der Waals surface area contributed by atoms with E-state index < -0.39 is 28.9 Å². The van der Waals surface area contributed by atoms with Gasteiger partial charge in [0.2, 0.25) is 5.91 Å². The van der Waals surface area contributed by atoms with Crippen molar-refractivity contribution in [2.45, 2.75) is 13.0 Å². The summed E-state index contributed by atoms with van der Waals surface area (Å²) < 4.78 is 15.8. The number of carboxylic acids is 1. The highest BCUT2D eigenvalue weighted by Crippen LogP contribution is 2.19. The number of amides is 1. The summed E-state index contributed by atoms with van der Waals surface area (Å²) in [4.78, 5) is 49.9. The number of fused-ring (bicyclic) bond motifs is 1. The highest BCUT2D eigenvalue weighted by atomic mass is 19.1. The molecule has 0 spiro atoms. The summed E-state index contributed by atoms with van der Waals surface area (Å²) >= 11 is 0. The van der Waals surface area contributed by atoms with E-state index in [1.165, 1.54) is 54.1 Å². The second kappa shape index (κ2) is 9.14. The van der Waals surface area contributed by atoms with Crippen molar-refractivity contribution >= 4 is 28.5 Å². The number of aryl methyl sites for hydroxylation is 1. The molecule has 0 fully saturated rings. The summed E-state index contributed by atoms with van der Waals surface area (Å²) in [7, 11) is 1.52. The summed E-state index contributed by atoms with van der Waals surface area (Å²) in [6.45, 7) is -0.0765. The summed E-state index contributed by atoms with van der Waals surface area (Å²) in [6.07, 6.45) is -0.0932. The number of carbonyl (C=O) groups excluding carboxylic acids is 1. The van der Waals surface area contributed by atoms with Gasteiger partial charge >= 0.3 is 11.7 Å². The van der Waals surface area contributed by atoms with Crippen LogP contribution in [0.3, 0.4) is 0 Å². The van der Waals surface area contributed by atoms with Crippen LogP contribution < -0.4 is 16.6 Å². The number of aromatic carboxylic acids is 1. The van der Waals surface area contributed by atoms with Gasteiger partial charge in [0, 0.05) is 7.05 Å².